The summed E-state index contributed by atoms with van der Waals surface area (Å²) in [6.07, 6.45) is 0. The molecular formula is C20H25NO2. The molecule has 122 valence electrons. The lowest BCUT2D eigenvalue weighted by Crippen LogP contribution is -2.36. The summed E-state index contributed by atoms with van der Waals surface area (Å²) in [5.74, 6) is 1.26. The molecule has 2 aromatic rings. The minimum absolute atomic E-state index is 0.0615. The van der Waals surface area contributed by atoms with E-state index in [0.717, 1.165) is 11.3 Å². The van der Waals surface area contributed by atoms with Crippen molar-refractivity contribution < 1.29 is 9.53 Å². The molecule has 0 bridgehead atoms. The fourth-order valence-electron chi connectivity index (χ4n) is 2.22. The van der Waals surface area contributed by atoms with Crippen LogP contribution in [0.3, 0.4) is 0 Å². The van der Waals surface area contributed by atoms with Gasteiger partial charge in [0.1, 0.15) is 12.4 Å². The molecule has 0 fully saturated rings. The normalized spacial score (nSPS) is 12.0. The lowest BCUT2D eigenvalue weighted by molar-refractivity contribution is 0.0926. The van der Waals surface area contributed by atoms with Crippen LogP contribution in [0.5, 0.6) is 5.75 Å². The number of hydrogen-bond donors (Lipinski definition) is 1. The molecule has 2 rings (SSSR count). The van der Waals surface area contributed by atoms with Gasteiger partial charge in [-0.3, -0.25) is 4.79 Å². The molecule has 0 saturated heterocycles. The van der Waals surface area contributed by atoms with Crippen LogP contribution in [-0.4, -0.2) is 18.6 Å². The number of aryl methyl sites for hydroxylation is 1. The summed E-state index contributed by atoms with van der Waals surface area (Å²) in [5, 5.41) is 2.95. The largest absolute Gasteiger partial charge is 0.491 e. The molecule has 3 heteroatoms. The first kappa shape index (κ1) is 17.1. The van der Waals surface area contributed by atoms with Crippen molar-refractivity contribution in [3.8, 4) is 5.75 Å². The van der Waals surface area contributed by atoms with Crippen molar-refractivity contribution in [1.82, 2.24) is 5.32 Å². The van der Waals surface area contributed by atoms with Crippen molar-refractivity contribution in [2.75, 3.05) is 6.61 Å². The molecule has 2 aromatic carbocycles. The fourth-order valence-corrected chi connectivity index (χ4v) is 2.22. The van der Waals surface area contributed by atoms with Gasteiger partial charge in [-0.15, -0.1) is 0 Å². The van der Waals surface area contributed by atoms with E-state index >= 15 is 0 Å². The van der Waals surface area contributed by atoms with Gasteiger partial charge in [0, 0.05) is 5.56 Å². The zero-order valence-electron chi connectivity index (χ0n) is 14.3. The Kier molecular flexibility index (Phi) is 5.80. The van der Waals surface area contributed by atoms with Crippen LogP contribution >= 0.6 is 0 Å². The van der Waals surface area contributed by atoms with Crippen LogP contribution in [0.15, 0.2) is 48.5 Å². The van der Waals surface area contributed by atoms with Gasteiger partial charge in [-0.1, -0.05) is 43.7 Å². The van der Waals surface area contributed by atoms with Gasteiger partial charge in [-0.05, 0) is 49.6 Å². The molecule has 0 aromatic heterocycles. The third-order valence-corrected chi connectivity index (χ3v) is 3.74. The Morgan fingerprint density at radius 2 is 1.61 bits per heavy atom. The number of carbonyl (C=O) groups excluding carboxylic acids is 1. The Labute approximate surface area is 138 Å². The van der Waals surface area contributed by atoms with Crippen molar-refractivity contribution >= 4 is 5.91 Å². The van der Waals surface area contributed by atoms with E-state index in [-0.39, 0.29) is 11.9 Å². The quantitative estimate of drug-likeness (QED) is 0.863. The number of benzene rings is 2. The molecule has 0 unspecified atom stereocenters. The lowest BCUT2D eigenvalue weighted by atomic mass is 10.0. The van der Waals surface area contributed by atoms with E-state index in [1.807, 2.05) is 50.2 Å². The van der Waals surface area contributed by atoms with Crippen molar-refractivity contribution in [2.24, 2.45) is 0 Å². The van der Waals surface area contributed by atoms with Gasteiger partial charge in [0.2, 0.25) is 0 Å². The Balaban J connectivity index is 1.83. The van der Waals surface area contributed by atoms with Crippen molar-refractivity contribution in [1.29, 1.82) is 0 Å². The number of nitrogens with one attached hydrogen (secondary N) is 1. The zero-order chi connectivity index (χ0) is 16.8. The van der Waals surface area contributed by atoms with Crippen LogP contribution in [0.4, 0.5) is 0 Å². The van der Waals surface area contributed by atoms with Crippen LogP contribution in [0.1, 0.15) is 48.2 Å². The van der Waals surface area contributed by atoms with Gasteiger partial charge in [0.05, 0.1) is 6.04 Å². The molecule has 0 spiro atoms. The summed E-state index contributed by atoms with van der Waals surface area (Å²) in [5.41, 5.74) is 3.10. The first-order chi connectivity index (χ1) is 11.0. The summed E-state index contributed by atoms with van der Waals surface area (Å²) < 4.78 is 5.74. The number of rotatable bonds is 6. The summed E-state index contributed by atoms with van der Waals surface area (Å²) in [4.78, 5) is 12.1. The van der Waals surface area contributed by atoms with Crippen LogP contribution in [0.2, 0.25) is 0 Å². The Morgan fingerprint density at radius 3 is 2.17 bits per heavy atom. The van der Waals surface area contributed by atoms with E-state index in [1.54, 1.807) is 0 Å². The van der Waals surface area contributed by atoms with E-state index < -0.39 is 0 Å². The second-order valence-corrected chi connectivity index (χ2v) is 6.28. The van der Waals surface area contributed by atoms with E-state index in [0.29, 0.717) is 18.1 Å². The third kappa shape index (κ3) is 5.13. The monoisotopic (exact) mass is 311 g/mol. The SMILES string of the molecule is Cc1ccc(C(=O)N[C@@H](C)COc2ccc(C(C)C)cc2)cc1. The molecular weight excluding hydrogens is 286 g/mol. The Morgan fingerprint density at radius 1 is 1.00 bits per heavy atom. The second-order valence-electron chi connectivity index (χ2n) is 6.28. The number of hydrogen-bond acceptors (Lipinski definition) is 2. The molecule has 0 radical (unpaired) electrons. The van der Waals surface area contributed by atoms with Crippen LogP contribution < -0.4 is 10.1 Å². The number of ether oxygens (including phenoxy) is 1. The third-order valence-electron chi connectivity index (χ3n) is 3.74. The standard InChI is InChI=1S/C20H25NO2/c1-14(2)17-9-11-19(12-10-17)23-13-16(4)21-20(22)18-7-5-15(3)6-8-18/h5-12,14,16H,13H2,1-4H3,(H,21,22)/t16-/m0/s1. The number of amides is 1. The Hall–Kier alpha value is -2.29. The minimum Gasteiger partial charge on any atom is -0.491 e. The second kappa shape index (κ2) is 7.82. The van der Waals surface area contributed by atoms with Gasteiger partial charge < -0.3 is 10.1 Å². The van der Waals surface area contributed by atoms with Gasteiger partial charge in [-0.25, -0.2) is 0 Å². The van der Waals surface area contributed by atoms with Crippen molar-refractivity contribution in [3.63, 3.8) is 0 Å². The number of carbonyl (C=O) groups is 1. The minimum atomic E-state index is -0.0729. The lowest BCUT2D eigenvalue weighted by Gasteiger charge is -2.15. The molecule has 0 aliphatic heterocycles. The van der Waals surface area contributed by atoms with Crippen molar-refractivity contribution in [2.45, 2.75) is 39.7 Å². The predicted octanol–water partition coefficient (Wildman–Crippen LogP) is 4.32. The summed E-state index contributed by atoms with van der Waals surface area (Å²) >= 11 is 0. The summed E-state index contributed by atoms with van der Waals surface area (Å²) in [6, 6.07) is 15.6. The molecule has 0 aliphatic carbocycles. The first-order valence-electron chi connectivity index (χ1n) is 8.06. The van der Waals surface area contributed by atoms with Crippen LogP contribution in [0, 0.1) is 6.92 Å². The molecule has 0 saturated carbocycles. The average molecular weight is 311 g/mol. The fraction of sp³-hybridized carbons (Fsp3) is 0.350. The van der Waals surface area contributed by atoms with E-state index in [4.69, 9.17) is 4.74 Å². The highest BCUT2D eigenvalue weighted by Gasteiger charge is 2.10. The topological polar surface area (TPSA) is 38.3 Å². The maximum atomic E-state index is 12.1. The molecule has 1 N–H and O–H groups in total. The van der Waals surface area contributed by atoms with Crippen molar-refractivity contribution in [3.05, 3.63) is 65.2 Å². The predicted molar refractivity (Wildman–Crippen MR) is 94.1 cm³/mol. The highest BCUT2D eigenvalue weighted by atomic mass is 16.5. The van der Waals surface area contributed by atoms with Crippen LogP contribution in [-0.2, 0) is 0 Å². The van der Waals surface area contributed by atoms with Gasteiger partial charge in [-0.2, -0.15) is 0 Å². The maximum absolute atomic E-state index is 12.1. The molecule has 3 nitrogen and oxygen atoms in total. The molecule has 0 aliphatic rings. The molecule has 1 amide bonds. The van der Waals surface area contributed by atoms with Gasteiger partial charge >= 0.3 is 0 Å². The molecule has 23 heavy (non-hydrogen) atoms. The van der Waals surface area contributed by atoms with E-state index in [1.165, 1.54) is 5.56 Å². The van der Waals surface area contributed by atoms with Gasteiger partial charge in [0.25, 0.3) is 5.91 Å². The van der Waals surface area contributed by atoms with E-state index in [9.17, 15) is 4.79 Å². The zero-order valence-corrected chi connectivity index (χ0v) is 14.3. The van der Waals surface area contributed by atoms with Crippen LogP contribution in [0.25, 0.3) is 0 Å². The summed E-state index contributed by atoms with van der Waals surface area (Å²) in [6.45, 7) is 8.72. The summed E-state index contributed by atoms with van der Waals surface area (Å²) in [7, 11) is 0. The molecule has 1 atom stereocenters. The highest BCUT2D eigenvalue weighted by molar-refractivity contribution is 5.94. The Bertz CT molecular complexity index is 630. The van der Waals surface area contributed by atoms with Gasteiger partial charge in [0.15, 0.2) is 0 Å². The maximum Gasteiger partial charge on any atom is 0.251 e. The van der Waals surface area contributed by atoms with E-state index in [2.05, 4.69) is 31.3 Å². The molecule has 0 heterocycles. The highest BCUT2D eigenvalue weighted by Crippen LogP contribution is 2.18. The smallest absolute Gasteiger partial charge is 0.251 e. The first-order valence-corrected chi connectivity index (χ1v) is 8.06. The average Bonchev–Trinajstić information content (AvgIpc) is 2.54.